The van der Waals surface area contributed by atoms with Gasteiger partial charge in [0.2, 0.25) is 5.91 Å². The number of carbonyl (C=O) groups is 2. The van der Waals surface area contributed by atoms with E-state index in [0.717, 1.165) is 6.42 Å². The second kappa shape index (κ2) is 8.21. The van der Waals surface area contributed by atoms with Crippen LogP contribution in [0, 0.1) is 0 Å². The van der Waals surface area contributed by atoms with Gasteiger partial charge in [0, 0.05) is 11.9 Å². The molecule has 1 aromatic heterocycles. The van der Waals surface area contributed by atoms with Crippen molar-refractivity contribution in [3.8, 4) is 0 Å². The number of aromatic nitrogens is 1. The van der Waals surface area contributed by atoms with Crippen LogP contribution in [0.1, 0.15) is 42.7 Å². The largest absolute Gasteiger partial charge is 0.461 e. The zero-order valence-electron chi connectivity index (χ0n) is 11.9. The summed E-state index contributed by atoms with van der Waals surface area (Å²) in [6.07, 6.45) is 0.839. The maximum Gasteiger partial charge on any atom is 0.357 e. The maximum atomic E-state index is 12.0. The Morgan fingerprint density at radius 3 is 2.75 bits per heavy atom. The molecule has 5 nitrogen and oxygen atoms in total. The number of esters is 1. The first kappa shape index (κ1) is 16.9. The molecular formula is C13H19ClN2O3S. The van der Waals surface area contributed by atoms with Gasteiger partial charge in [0.15, 0.2) is 5.69 Å². The third kappa shape index (κ3) is 4.76. The molecule has 0 spiro atoms. The summed E-state index contributed by atoms with van der Waals surface area (Å²) < 4.78 is 4.88. The van der Waals surface area contributed by atoms with Crippen molar-refractivity contribution in [2.45, 2.75) is 39.1 Å². The van der Waals surface area contributed by atoms with Crippen molar-refractivity contribution >= 4 is 34.8 Å². The van der Waals surface area contributed by atoms with E-state index in [2.05, 4.69) is 4.98 Å². The minimum Gasteiger partial charge on any atom is -0.461 e. The molecule has 1 amide bonds. The Hall–Kier alpha value is -1.14. The molecule has 1 aromatic rings. The molecule has 7 heteroatoms. The third-order valence-corrected chi connectivity index (χ3v) is 3.53. The number of amides is 1. The Morgan fingerprint density at radius 2 is 2.20 bits per heavy atom. The first-order chi connectivity index (χ1) is 9.49. The standard InChI is InChI=1S/C13H19ClN2O3S/c1-4-6-16(12(17)9(3)14)7-11-15-10(8-20-11)13(18)19-5-2/h8-9H,4-7H2,1-3H3/t9-/m0/s1. The average molecular weight is 319 g/mol. The molecule has 0 bridgehead atoms. The molecule has 1 atom stereocenters. The fourth-order valence-electron chi connectivity index (χ4n) is 1.63. The van der Waals surface area contributed by atoms with Crippen LogP contribution in [-0.4, -0.2) is 40.3 Å². The minimum atomic E-state index is -0.564. The molecule has 0 unspecified atom stereocenters. The normalized spacial score (nSPS) is 12.0. The van der Waals surface area contributed by atoms with E-state index < -0.39 is 11.3 Å². The number of halogens is 1. The lowest BCUT2D eigenvalue weighted by molar-refractivity contribution is -0.131. The highest BCUT2D eigenvalue weighted by atomic mass is 35.5. The van der Waals surface area contributed by atoms with Crippen LogP contribution in [-0.2, 0) is 16.1 Å². The number of rotatable bonds is 7. The fourth-order valence-corrected chi connectivity index (χ4v) is 2.55. The topological polar surface area (TPSA) is 59.5 Å². The molecule has 1 heterocycles. The second-order valence-corrected chi connectivity index (χ2v) is 5.82. The Bertz CT molecular complexity index is 462. The second-order valence-electron chi connectivity index (χ2n) is 4.22. The van der Waals surface area contributed by atoms with Crippen LogP contribution < -0.4 is 0 Å². The lowest BCUT2D eigenvalue weighted by Crippen LogP contribution is -2.35. The highest BCUT2D eigenvalue weighted by molar-refractivity contribution is 7.09. The van der Waals surface area contributed by atoms with Gasteiger partial charge in [-0.3, -0.25) is 4.79 Å². The van der Waals surface area contributed by atoms with E-state index in [1.807, 2.05) is 6.92 Å². The lowest BCUT2D eigenvalue weighted by atomic mass is 10.3. The molecular weight excluding hydrogens is 300 g/mol. The number of hydrogen-bond acceptors (Lipinski definition) is 5. The van der Waals surface area contributed by atoms with Crippen LogP contribution in [0.2, 0.25) is 0 Å². The molecule has 0 saturated carbocycles. The van der Waals surface area contributed by atoms with Crippen molar-refractivity contribution in [1.82, 2.24) is 9.88 Å². The first-order valence-corrected chi connectivity index (χ1v) is 7.85. The Balaban J connectivity index is 2.74. The van der Waals surface area contributed by atoms with Crippen molar-refractivity contribution in [3.63, 3.8) is 0 Å². The van der Waals surface area contributed by atoms with Gasteiger partial charge in [-0.05, 0) is 20.3 Å². The molecule has 0 N–H and O–H groups in total. The summed E-state index contributed by atoms with van der Waals surface area (Å²) in [4.78, 5) is 29.3. The molecule has 0 aliphatic rings. The maximum absolute atomic E-state index is 12.0. The summed E-state index contributed by atoms with van der Waals surface area (Å²) in [6.45, 7) is 6.69. The van der Waals surface area contributed by atoms with E-state index in [-0.39, 0.29) is 11.6 Å². The zero-order valence-corrected chi connectivity index (χ0v) is 13.5. The summed E-state index contributed by atoms with van der Waals surface area (Å²) in [5.41, 5.74) is 0.287. The summed E-state index contributed by atoms with van der Waals surface area (Å²) in [6, 6.07) is 0. The van der Waals surface area contributed by atoms with Gasteiger partial charge in [-0.1, -0.05) is 6.92 Å². The molecule has 112 valence electrons. The smallest absolute Gasteiger partial charge is 0.357 e. The number of carbonyl (C=O) groups excluding carboxylic acids is 2. The number of ether oxygens (including phenoxy) is 1. The van der Waals surface area contributed by atoms with Crippen molar-refractivity contribution in [2.24, 2.45) is 0 Å². The quantitative estimate of drug-likeness (QED) is 0.573. The van der Waals surface area contributed by atoms with E-state index in [4.69, 9.17) is 16.3 Å². The zero-order chi connectivity index (χ0) is 15.1. The van der Waals surface area contributed by atoms with Crippen molar-refractivity contribution < 1.29 is 14.3 Å². The minimum absolute atomic E-state index is 0.124. The average Bonchev–Trinajstić information content (AvgIpc) is 2.86. The molecule has 0 fully saturated rings. The van der Waals surface area contributed by atoms with Gasteiger partial charge in [-0.25, -0.2) is 9.78 Å². The van der Waals surface area contributed by atoms with Crippen molar-refractivity contribution in [2.75, 3.05) is 13.2 Å². The molecule has 0 aliphatic heterocycles. The number of thiazole rings is 1. The van der Waals surface area contributed by atoms with Crippen LogP contribution in [0.25, 0.3) is 0 Å². The van der Waals surface area contributed by atoms with Crippen LogP contribution in [0.4, 0.5) is 0 Å². The number of hydrogen-bond donors (Lipinski definition) is 0. The Kier molecular flexibility index (Phi) is 6.95. The van der Waals surface area contributed by atoms with Gasteiger partial charge in [0.05, 0.1) is 13.2 Å². The third-order valence-electron chi connectivity index (χ3n) is 2.51. The predicted octanol–water partition coefficient (Wildman–Crippen LogP) is 2.69. The monoisotopic (exact) mass is 318 g/mol. The van der Waals surface area contributed by atoms with Gasteiger partial charge < -0.3 is 9.64 Å². The van der Waals surface area contributed by atoms with Gasteiger partial charge >= 0.3 is 5.97 Å². The molecule has 0 saturated heterocycles. The van der Waals surface area contributed by atoms with Crippen LogP contribution in [0.3, 0.4) is 0 Å². The molecule has 0 aliphatic carbocycles. The van der Waals surface area contributed by atoms with E-state index in [1.54, 1.807) is 24.1 Å². The molecule has 0 radical (unpaired) electrons. The van der Waals surface area contributed by atoms with E-state index >= 15 is 0 Å². The Labute approximate surface area is 127 Å². The fraction of sp³-hybridized carbons (Fsp3) is 0.615. The van der Waals surface area contributed by atoms with Crippen LogP contribution in [0.5, 0.6) is 0 Å². The molecule has 20 heavy (non-hydrogen) atoms. The first-order valence-electron chi connectivity index (χ1n) is 6.53. The molecule has 1 rings (SSSR count). The summed E-state index contributed by atoms with van der Waals surface area (Å²) in [5.74, 6) is -0.560. The van der Waals surface area contributed by atoms with Gasteiger partial charge in [0.1, 0.15) is 10.4 Å². The van der Waals surface area contributed by atoms with Crippen LogP contribution >= 0.6 is 22.9 Å². The van der Waals surface area contributed by atoms with Crippen molar-refractivity contribution in [1.29, 1.82) is 0 Å². The number of nitrogens with zero attached hydrogens (tertiary/aromatic N) is 2. The summed E-state index contributed by atoms with van der Waals surface area (Å²) >= 11 is 7.18. The summed E-state index contributed by atoms with van der Waals surface area (Å²) in [7, 11) is 0. The van der Waals surface area contributed by atoms with E-state index in [1.165, 1.54) is 11.3 Å². The van der Waals surface area contributed by atoms with Gasteiger partial charge in [-0.2, -0.15) is 0 Å². The summed E-state index contributed by atoms with van der Waals surface area (Å²) in [5, 5.41) is 1.78. The van der Waals surface area contributed by atoms with E-state index in [9.17, 15) is 9.59 Å². The lowest BCUT2D eigenvalue weighted by Gasteiger charge is -2.22. The van der Waals surface area contributed by atoms with E-state index in [0.29, 0.717) is 24.7 Å². The van der Waals surface area contributed by atoms with Crippen molar-refractivity contribution in [3.05, 3.63) is 16.1 Å². The molecule has 0 aromatic carbocycles. The highest BCUT2D eigenvalue weighted by Crippen LogP contribution is 2.15. The number of alkyl halides is 1. The highest BCUT2D eigenvalue weighted by Gasteiger charge is 2.20. The van der Waals surface area contributed by atoms with Gasteiger partial charge in [0.25, 0.3) is 0 Å². The predicted molar refractivity (Wildman–Crippen MR) is 79.1 cm³/mol. The van der Waals surface area contributed by atoms with Crippen LogP contribution in [0.15, 0.2) is 5.38 Å². The SMILES string of the molecule is CCCN(Cc1nc(C(=O)OCC)cs1)C(=O)[C@H](C)Cl. The van der Waals surface area contributed by atoms with Gasteiger partial charge in [-0.15, -0.1) is 22.9 Å². The Morgan fingerprint density at radius 1 is 1.50 bits per heavy atom.